The largest absolute Gasteiger partial charge is 0.381 e. The van der Waals surface area contributed by atoms with E-state index in [4.69, 9.17) is 4.74 Å². The summed E-state index contributed by atoms with van der Waals surface area (Å²) < 4.78 is 5.41. The van der Waals surface area contributed by atoms with E-state index in [1.807, 2.05) is 0 Å². The zero-order valence-electron chi connectivity index (χ0n) is 11.3. The molecule has 3 rings (SSSR count). The van der Waals surface area contributed by atoms with Crippen molar-refractivity contribution in [3.8, 4) is 0 Å². The molecule has 1 aromatic rings. The smallest absolute Gasteiger partial charge is 0.129 e. The van der Waals surface area contributed by atoms with Gasteiger partial charge in [-0.25, -0.2) is 9.97 Å². The van der Waals surface area contributed by atoms with Gasteiger partial charge < -0.3 is 15.4 Å². The fourth-order valence-electron chi connectivity index (χ4n) is 2.84. The highest BCUT2D eigenvalue weighted by Gasteiger charge is 2.18. The Labute approximate surface area is 114 Å². The third-order valence-electron chi connectivity index (χ3n) is 4.02. The Morgan fingerprint density at radius 3 is 2.68 bits per heavy atom. The molecule has 3 heterocycles. The molecular formula is C14H22N4O. The van der Waals surface area contributed by atoms with Gasteiger partial charge >= 0.3 is 0 Å². The van der Waals surface area contributed by atoms with Crippen LogP contribution in [0.2, 0.25) is 0 Å². The number of ether oxygens (including phenoxy) is 1. The molecule has 1 aromatic heterocycles. The SMILES string of the molecule is c1nc(NC2CCNCC2)cc(C2CCOCC2)n1. The van der Waals surface area contributed by atoms with Crippen LogP contribution >= 0.6 is 0 Å². The molecule has 2 saturated heterocycles. The lowest BCUT2D eigenvalue weighted by Crippen LogP contribution is -2.35. The summed E-state index contributed by atoms with van der Waals surface area (Å²) in [6.45, 7) is 3.89. The highest BCUT2D eigenvalue weighted by atomic mass is 16.5. The van der Waals surface area contributed by atoms with E-state index in [1.165, 1.54) is 0 Å². The zero-order chi connectivity index (χ0) is 12.9. The quantitative estimate of drug-likeness (QED) is 0.865. The Balaban J connectivity index is 1.64. The number of hydrogen-bond donors (Lipinski definition) is 2. The first-order valence-electron chi connectivity index (χ1n) is 7.29. The van der Waals surface area contributed by atoms with Gasteiger partial charge in [0.25, 0.3) is 0 Å². The van der Waals surface area contributed by atoms with E-state index in [9.17, 15) is 0 Å². The third kappa shape index (κ3) is 3.42. The van der Waals surface area contributed by atoms with Crippen LogP contribution in [-0.2, 0) is 4.74 Å². The summed E-state index contributed by atoms with van der Waals surface area (Å²) in [6.07, 6.45) is 6.16. The van der Waals surface area contributed by atoms with Crippen LogP contribution in [-0.4, -0.2) is 42.3 Å². The van der Waals surface area contributed by atoms with Crippen molar-refractivity contribution in [2.45, 2.75) is 37.6 Å². The van der Waals surface area contributed by atoms with Crippen molar-refractivity contribution in [3.05, 3.63) is 18.1 Å². The normalized spacial score (nSPS) is 22.3. The van der Waals surface area contributed by atoms with E-state index in [0.29, 0.717) is 12.0 Å². The molecule has 0 aliphatic carbocycles. The Morgan fingerprint density at radius 2 is 1.89 bits per heavy atom. The molecule has 0 aromatic carbocycles. The summed E-state index contributed by atoms with van der Waals surface area (Å²) in [5.74, 6) is 1.51. The molecular weight excluding hydrogens is 240 g/mol. The Hall–Kier alpha value is -1.20. The highest BCUT2D eigenvalue weighted by Crippen LogP contribution is 2.26. The lowest BCUT2D eigenvalue weighted by atomic mass is 9.96. The fourth-order valence-corrected chi connectivity index (χ4v) is 2.84. The van der Waals surface area contributed by atoms with Gasteiger partial charge in [-0.3, -0.25) is 0 Å². The standard InChI is InChI=1S/C14H22N4O/c1-5-15-6-2-12(1)18-14-9-13(16-10-17-14)11-3-7-19-8-4-11/h9-12,15H,1-8H2,(H,16,17,18). The summed E-state index contributed by atoms with van der Waals surface area (Å²) >= 11 is 0. The number of hydrogen-bond acceptors (Lipinski definition) is 5. The van der Waals surface area contributed by atoms with Crippen molar-refractivity contribution in [2.75, 3.05) is 31.6 Å². The predicted molar refractivity (Wildman–Crippen MR) is 74.3 cm³/mol. The second-order valence-electron chi connectivity index (χ2n) is 5.38. The number of nitrogens with one attached hydrogen (secondary N) is 2. The molecule has 5 heteroatoms. The second-order valence-corrected chi connectivity index (χ2v) is 5.38. The summed E-state index contributed by atoms with van der Waals surface area (Å²) in [7, 11) is 0. The first-order valence-corrected chi connectivity index (χ1v) is 7.29. The van der Waals surface area contributed by atoms with Crippen molar-refractivity contribution in [3.63, 3.8) is 0 Å². The van der Waals surface area contributed by atoms with E-state index in [-0.39, 0.29) is 0 Å². The van der Waals surface area contributed by atoms with Gasteiger partial charge in [0.05, 0.1) is 0 Å². The maximum Gasteiger partial charge on any atom is 0.129 e. The molecule has 0 saturated carbocycles. The van der Waals surface area contributed by atoms with Gasteiger partial charge in [-0.1, -0.05) is 0 Å². The molecule has 2 N–H and O–H groups in total. The number of rotatable bonds is 3. The molecule has 0 bridgehead atoms. The molecule has 0 unspecified atom stereocenters. The van der Waals surface area contributed by atoms with Crippen LogP contribution in [0.15, 0.2) is 12.4 Å². The number of piperidine rings is 1. The molecule has 2 fully saturated rings. The average molecular weight is 262 g/mol. The lowest BCUT2D eigenvalue weighted by molar-refractivity contribution is 0.0845. The number of anilines is 1. The van der Waals surface area contributed by atoms with Gasteiger partial charge in [0.2, 0.25) is 0 Å². The van der Waals surface area contributed by atoms with Crippen LogP contribution in [0.25, 0.3) is 0 Å². The summed E-state index contributed by atoms with van der Waals surface area (Å²) in [6, 6.07) is 2.66. The molecule has 5 nitrogen and oxygen atoms in total. The molecule has 2 aliphatic rings. The van der Waals surface area contributed by atoms with E-state index < -0.39 is 0 Å². The maximum absolute atomic E-state index is 5.41. The van der Waals surface area contributed by atoms with Gasteiger partial charge in [0.15, 0.2) is 0 Å². The van der Waals surface area contributed by atoms with Crippen molar-refractivity contribution < 1.29 is 4.74 Å². The molecule has 0 radical (unpaired) electrons. The van der Waals surface area contributed by atoms with Crippen molar-refractivity contribution in [1.82, 2.24) is 15.3 Å². The van der Waals surface area contributed by atoms with E-state index in [1.54, 1.807) is 6.33 Å². The Bertz CT molecular complexity index is 400. The Kier molecular flexibility index (Phi) is 4.25. The van der Waals surface area contributed by atoms with Gasteiger partial charge in [0, 0.05) is 36.9 Å². The maximum atomic E-state index is 5.41. The predicted octanol–water partition coefficient (Wildman–Crippen LogP) is 1.53. The third-order valence-corrected chi connectivity index (χ3v) is 4.02. The highest BCUT2D eigenvalue weighted by molar-refractivity contribution is 5.37. The van der Waals surface area contributed by atoms with Crippen LogP contribution in [0, 0.1) is 0 Å². The van der Waals surface area contributed by atoms with Crippen LogP contribution in [0.3, 0.4) is 0 Å². The van der Waals surface area contributed by atoms with Gasteiger partial charge in [0.1, 0.15) is 12.1 Å². The van der Waals surface area contributed by atoms with Gasteiger partial charge in [-0.2, -0.15) is 0 Å². The van der Waals surface area contributed by atoms with E-state index in [0.717, 1.165) is 63.5 Å². The monoisotopic (exact) mass is 262 g/mol. The molecule has 0 amide bonds. The van der Waals surface area contributed by atoms with Crippen LogP contribution in [0.5, 0.6) is 0 Å². The first kappa shape index (κ1) is 12.8. The molecule has 2 aliphatic heterocycles. The first-order chi connectivity index (χ1) is 9.42. The van der Waals surface area contributed by atoms with E-state index >= 15 is 0 Å². The fraction of sp³-hybridized carbons (Fsp3) is 0.714. The minimum Gasteiger partial charge on any atom is -0.381 e. The van der Waals surface area contributed by atoms with Gasteiger partial charge in [-0.05, 0) is 38.8 Å². The average Bonchev–Trinajstić information content (AvgIpc) is 2.49. The molecule has 104 valence electrons. The minimum absolute atomic E-state index is 0.533. The van der Waals surface area contributed by atoms with E-state index in [2.05, 4.69) is 26.7 Å². The molecule has 0 atom stereocenters. The Morgan fingerprint density at radius 1 is 1.11 bits per heavy atom. The molecule has 19 heavy (non-hydrogen) atoms. The van der Waals surface area contributed by atoms with Crippen molar-refractivity contribution >= 4 is 5.82 Å². The van der Waals surface area contributed by atoms with Crippen LogP contribution in [0.4, 0.5) is 5.82 Å². The summed E-state index contributed by atoms with van der Waals surface area (Å²) in [5, 5.41) is 6.91. The minimum atomic E-state index is 0.533. The second kappa shape index (κ2) is 6.30. The summed E-state index contributed by atoms with van der Waals surface area (Å²) in [4.78, 5) is 8.79. The zero-order valence-corrected chi connectivity index (χ0v) is 11.3. The van der Waals surface area contributed by atoms with Crippen molar-refractivity contribution in [1.29, 1.82) is 0 Å². The van der Waals surface area contributed by atoms with Crippen molar-refractivity contribution in [2.24, 2.45) is 0 Å². The van der Waals surface area contributed by atoms with Crippen LogP contribution < -0.4 is 10.6 Å². The van der Waals surface area contributed by atoms with Crippen LogP contribution in [0.1, 0.15) is 37.3 Å². The number of aromatic nitrogens is 2. The summed E-state index contributed by atoms with van der Waals surface area (Å²) in [5.41, 5.74) is 1.16. The lowest BCUT2D eigenvalue weighted by Gasteiger charge is -2.25. The number of nitrogens with zero attached hydrogens (tertiary/aromatic N) is 2. The topological polar surface area (TPSA) is 59.1 Å². The molecule has 0 spiro atoms. The van der Waals surface area contributed by atoms with Gasteiger partial charge in [-0.15, -0.1) is 0 Å².